The van der Waals surface area contributed by atoms with Crippen molar-refractivity contribution in [1.29, 1.82) is 0 Å². The van der Waals surface area contributed by atoms with E-state index in [9.17, 15) is 0 Å². The second-order valence-corrected chi connectivity index (χ2v) is 7.90. The van der Waals surface area contributed by atoms with E-state index in [1.54, 1.807) is 36.2 Å². The van der Waals surface area contributed by atoms with Crippen molar-refractivity contribution >= 4 is 16.6 Å². The first-order chi connectivity index (χ1) is 16.6. The Bertz CT molecular complexity index is 1400. The van der Waals surface area contributed by atoms with Crippen LogP contribution in [0.25, 0.3) is 28.1 Å². The van der Waals surface area contributed by atoms with Crippen LogP contribution in [0.5, 0.6) is 11.8 Å². The van der Waals surface area contributed by atoms with Crippen LogP contribution >= 0.6 is 0 Å². The highest BCUT2D eigenvalue weighted by Gasteiger charge is 2.17. The Labute approximate surface area is 196 Å². The number of pyridine rings is 1. The molecule has 4 aromatic heterocycles. The van der Waals surface area contributed by atoms with Gasteiger partial charge < -0.3 is 24.4 Å². The van der Waals surface area contributed by atoms with E-state index in [0.717, 1.165) is 10.9 Å². The van der Waals surface area contributed by atoms with Crippen LogP contribution in [-0.4, -0.2) is 45.4 Å². The smallest absolute Gasteiger partial charge is 0.231 e. The molecule has 34 heavy (non-hydrogen) atoms. The Morgan fingerprint density at radius 3 is 2.76 bits per heavy atom. The van der Waals surface area contributed by atoms with Crippen molar-refractivity contribution in [3.05, 3.63) is 72.6 Å². The molecule has 2 atom stereocenters. The largest absolute Gasteiger partial charge is 0.480 e. The first kappa shape index (κ1) is 21.9. The first-order valence-electron chi connectivity index (χ1n) is 10.9. The summed E-state index contributed by atoms with van der Waals surface area (Å²) in [7, 11) is 1.58. The number of ether oxygens (including phenoxy) is 3. The van der Waals surface area contributed by atoms with Crippen molar-refractivity contribution in [2.75, 3.05) is 13.7 Å². The molecule has 0 bridgehead atoms. The molecule has 0 radical (unpaired) electrons. The molecule has 5 rings (SSSR count). The highest BCUT2D eigenvalue weighted by Crippen LogP contribution is 2.32. The summed E-state index contributed by atoms with van der Waals surface area (Å²) in [4.78, 5) is 8.64. The number of rotatable bonds is 9. The van der Waals surface area contributed by atoms with Crippen LogP contribution in [0.1, 0.15) is 12.5 Å². The maximum Gasteiger partial charge on any atom is 0.231 e. The molecule has 0 aliphatic rings. The van der Waals surface area contributed by atoms with E-state index in [0.29, 0.717) is 41.1 Å². The Balaban J connectivity index is 1.29. The Kier molecular flexibility index (Phi) is 6.11. The standard InChI is InChI=1S/C25H25N5O4/c1-16(32-14-17-6-4-3-5-7-17)19(26)15-33-24-9-8-23-28-13-20(30(23)29-24)22-12-18-21(34-22)10-11-27-25(18)31-2/h3-13,16,19H,14-15,26H2,1-2H3/t16-,19-/m1/s1. The highest BCUT2D eigenvalue weighted by atomic mass is 16.5. The van der Waals surface area contributed by atoms with Crippen molar-refractivity contribution in [2.45, 2.75) is 25.7 Å². The van der Waals surface area contributed by atoms with Gasteiger partial charge in [-0.3, -0.25) is 0 Å². The number of fused-ring (bicyclic) bond motifs is 2. The number of nitrogens with zero attached hydrogens (tertiary/aromatic N) is 4. The Morgan fingerprint density at radius 1 is 1.09 bits per heavy atom. The second-order valence-electron chi connectivity index (χ2n) is 7.90. The predicted octanol–water partition coefficient (Wildman–Crippen LogP) is 3.86. The molecular weight excluding hydrogens is 434 g/mol. The zero-order chi connectivity index (χ0) is 23.5. The van der Waals surface area contributed by atoms with Crippen molar-refractivity contribution in [3.8, 4) is 23.2 Å². The summed E-state index contributed by atoms with van der Waals surface area (Å²) in [5, 5.41) is 5.35. The van der Waals surface area contributed by atoms with E-state index in [-0.39, 0.29) is 18.8 Å². The molecule has 0 amide bonds. The molecule has 0 saturated carbocycles. The summed E-state index contributed by atoms with van der Waals surface area (Å²) in [5.41, 5.74) is 9.39. The van der Waals surface area contributed by atoms with Gasteiger partial charge in [-0.1, -0.05) is 30.3 Å². The predicted molar refractivity (Wildman–Crippen MR) is 127 cm³/mol. The molecule has 0 spiro atoms. The number of methoxy groups -OCH3 is 1. The number of benzene rings is 1. The van der Waals surface area contributed by atoms with E-state index >= 15 is 0 Å². The van der Waals surface area contributed by atoms with Gasteiger partial charge in [0.1, 0.15) is 17.9 Å². The second kappa shape index (κ2) is 9.50. The maximum absolute atomic E-state index is 6.28. The van der Waals surface area contributed by atoms with Crippen molar-refractivity contribution in [2.24, 2.45) is 5.73 Å². The number of furan rings is 1. The van der Waals surface area contributed by atoms with Crippen molar-refractivity contribution in [1.82, 2.24) is 19.6 Å². The molecule has 0 fully saturated rings. The summed E-state index contributed by atoms with van der Waals surface area (Å²) in [6, 6.07) is 16.9. The van der Waals surface area contributed by atoms with Crippen LogP contribution in [0.15, 0.2) is 71.4 Å². The van der Waals surface area contributed by atoms with Gasteiger partial charge in [0.15, 0.2) is 11.4 Å². The first-order valence-corrected chi connectivity index (χ1v) is 10.9. The third kappa shape index (κ3) is 4.43. The molecule has 0 unspecified atom stereocenters. The molecule has 0 aliphatic carbocycles. The highest BCUT2D eigenvalue weighted by molar-refractivity contribution is 5.86. The van der Waals surface area contributed by atoms with Crippen LogP contribution in [0.3, 0.4) is 0 Å². The molecule has 2 N–H and O–H groups in total. The normalized spacial score (nSPS) is 13.3. The fourth-order valence-electron chi connectivity index (χ4n) is 3.57. The minimum atomic E-state index is -0.321. The number of aromatic nitrogens is 4. The summed E-state index contributed by atoms with van der Waals surface area (Å²) >= 11 is 0. The van der Waals surface area contributed by atoms with Crippen LogP contribution < -0.4 is 15.2 Å². The van der Waals surface area contributed by atoms with Gasteiger partial charge >= 0.3 is 0 Å². The maximum atomic E-state index is 6.28. The molecule has 4 heterocycles. The van der Waals surface area contributed by atoms with Crippen LogP contribution in [0, 0.1) is 0 Å². The lowest BCUT2D eigenvalue weighted by atomic mass is 10.2. The average Bonchev–Trinajstić information content (AvgIpc) is 3.50. The van der Waals surface area contributed by atoms with Gasteiger partial charge in [0.25, 0.3) is 0 Å². The van der Waals surface area contributed by atoms with E-state index in [4.69, 9.17) is 24.4 Å². The molecule has 1 aromatic carbocycles. The number of hydrogen-bond acceptors (Lipinski definition) is 8. The molecule has 0 aliphatic heterocycles. The van der Waals surface area contributed by atoms with Gasteiger partial charge in [-0.05, 0) is 24.6 Å². The van der Waals surface area contributed by atoms with Gasteiger partial charge in [0, 0.05) is 18.3 Å². The minimum Gasteiger partial charge on any atom is -0.480 e. The molecule has 9 nitrogen and oxygen atoms in total. The van der Waals surface area contributed by atoms with Gasteiger partial charge in [0.05, 0.1) is 37.4 Å². The number of imidazole rings is 1. The van der Waals surface area contributed by atoms with Gasteiger partial charge in [-0.15, -0.1) is 5.10 Å². The average molecular weight is 460 g/mol. The van der Waals surface area contributed by atoms with Gasteiger partial charge in [-0.2, -0.15) is 0 Å². The van der Waals surface area contributed by atoms with Crippen LogP contribution in [0.2, 0.25) is 0 Å². The lowest BCUT2D eigenvalue weighted by molar-refractivity contribution is 0.0246. The molecular formula is C25H25N5O4. The summed E-state index contributed by atoms with van der Waals surface area (Å²) < 4.78 is 24.8. The molecule has 9 heteroatoms. The Morgan fingerprint density at radius 2 is 1.94 bits per heavy atom. The van der Waals surface area contributed by atoms with Gasteiger partial charge in [0.2, 0.25) is 11.8 Å². The topological polar surface area (TPSA) is 110 Å². The van der Waals surface area contributed by atoms with Crippen molar-refractivity contribution in [3.63, 3.8) is 0 Å². The summed E-state index contributed by atoms with van der Waals surface area (Å²) in [5.74, 6) is 1.52. The third-order valence-corrected chi connectivity index (χ3v) is 5.57. The Hall–Kier alpha value is -3.95. The van der Waals surface area contributed by atoms with E-state index in [1.165, 1.54) is 0 Å². The monoisotopic (exact) mass is 459 g/mol. The number of hydrogen-bond donors (Lipinski definition) is 1. The fourth-order valence-corrected chi connectivity index (χ4v) is 3.57. The minimum absolute atomic E-state index is 0.188. The van der Waals surface area contributed by atoms with Gasteiger partial charge in [-0.25, -0.2) is 14.5 Å². The lowest BCUT2D eigenvalue weighted by Gasteiger charge is -2.20. The third-order valence-electron chi connectivity index (χ3n) is 5.57. The van der Waals surface area contributed by atoms with Crippen LogP contribution in [-0.2, 0) is 11.3 Å². The van der Waals surface area contributed by atoms with E-state index in [2.05, 4.69) is 15.1 Å². The van der Waals surface area contributed by atoms with Crippen molar-refractivity contribution < 1.29 is 18.6 Å². The molecule has 5 aromatic rings. The SMILES string of the molecule is COc1nccc2oc(-c3cnc4ccc(OC[C@@H](N)[C@@H](C)OCc5ccccc5)nn34)cc12. The molecule has 174 valence electrons. The van der Waals surface area contributed by atoms with E-state index in [1.807, 2.05) is 49.4 Å². The lowest BCUT2D eigenvalue weighted by Crippen LogP contribution is -2.39. The van der Waals surface area contributed by atoms with E-state index < -0.39 is 0 Å². The summed E-state index contributed by atoms with van der Waals surface area (Å²) in [6.45, 7) is 2.69. The summed E-state index contributed by atoms with van der Waals surface area (Å²) in [6.07, 6.45) is 3.16. The quantitative estimate of drug-likeness (QED) is 0.354. The number of nitrogens with two attached hydrogens (primary N) is 1. The molecule has 0 saturated heterocycles. The zero-order valence-electron chi connectivity index (χ0n) is 18.9. The zero-order valence-corrected chi connectivity index (χ0v) is 18.9. The fraction of sp³-hybridized carbons (Fsp3) is 0.240. The van der Waals surface area contributed by atoms with Crippen LogP contribution in [0.4, 0.5) is 0 Å².